The Labute approximate surface area is 140 Å². The zero-order valence-corrected chi connectivity index (χ0v) is 13.7. The minimum atomic E-state index is -0.434. The topological polar surface area (TPSA) is 32.7 Å². The maximum Gasteiger partial charge on any atom is 0.256 e. The molecule has 1 spiro atoms. The van der Waals surface area contributed by atoms with Crippen molar-refractivity contribution in [2.75, 3.05) is 6.54 Å². The lowest BCUT2D eigenvalue weighted by molar-refractivity contribution is -0.128. The van der Waals surface area contributed by atoms with E-state index in [0.717, 1.165) is 40.4 Å². The molecule has 2 aliphatic rings. The number of amidine groups is 1. The van der Waals surface area contributed by atoms with Gasteiger partial charge in [-0.2, -0.15) is 0 Å². The van der Waals surface area contributed by atoms with Gasteiger partial charge in [-0.3, -0.25) is 14.7 Å². The Hall–Kier alpha value is -2.13. The van der Waals surface area contributed by atoms with E-state index in [9.17, 15) is 4.79 Å². The maximum atomic E-state index is 12.4. The Kier molecular flexibility index (Phi) is 3.27. The summed E-state index contributed by atoms with van der Waals surface area (Å²) in [5.41, 5.74) is 2.75. The van der Waals surface area contributed by atoms with Crippen molar-refractivity contribution in [2.24, 2.45) is 4.99 Å². The number of likely N-dealkylation sites (N-methyl/N-ethyl adjacent to an activating group) is 1. The van der Waals surface area contributed by atoms with Crippen LogP contribution in [0.15, 0.2) is 53.5 Å². The van der Waals surface area contributed by atoms with E-state index in [0.29, 0.717) is 6.54 Å². The third-order valence-corrected chi connectivity index (χ3v) is 4.79. The van der Waals surface area contributed by atoms with Gasteiger partial charge in [0.1, 0.15) is 11.4 Å². The van der Waals surface area contributed by atoms with Crippen molar-refractivity contribution < 1.29 is 4.79 Å². The van der Waals surface area contributed by atoms with Gasteiger partial charge < -0.3 is 0 Å². The maximum absolute atomic E-state index is 12.4. The van der Waals surface area contributed by atoms with Crippen molar-refractivity contribution >= 4 is 23.3 Å². The Morgan fingerprint density at radius 3 is 2.39 bits per heavy atom. The third kappa shape index (κ3) is 2.36. The number of nitrogens with zero attached hydrogens (tertiary/aromatic N) is 2. The summed E-state index contributed by atoms with van der Waals surface area (Å²) < 4.78 is 0. The molecule has 4 rings (SSSR count). The van der Waals surface area contributed by atoms with E-state index in [2.05, 4.69) is 12.1 Å². The van der Waals surface area contributed by atoms with Gasteiger partial charge in [0.15, 0.2) is 0 Å². The lowest BCUT2D eigenvalue weighted by atomic mass is 10.0. The first kappa shape index (κ1) is 14.5. The molecule has 0 saturated heterocycles. The van der Waals surface area contributed by atoms with E-state index < -0.39 is 5.54 Å². The number of carbonyl (C=O) groups excluding carboxylic acids is 1. The summed E-state index contributed by atoms with van der Waals surface area (Å²) in [6.45, 7) is 2.66. The highest BCUT2D eigenvalue weighted by atomic mass is 35.5. The van der Waals surface area contributed by atoms with Crippen LogP contribution in [0.25, 0.3) is 11.1 Å². The number of halogens is 1. The predicted octanol–water partition coefficient (Wildman–Crippen LogP) is 4.15. The highest BCUT2D eigenvalue weighted by Crippen LogP contribution is 2.45. The van der Waals surface area contributed by atoms with E-state index in [1.54, 1.807) is 4.90 Å². The van der Waals surface area contributed by atoms with E-state index in [1.807, 2.05) is 43.3 Å². The van der Waals surface area contributed by atoms with Gasteiger partial charge in [0.05, 0.1) is 0 Å². The second kappa shape index (κ2) is 5.20. The quantitative estimate of drug-likeness (QED) is 0.834. The average molecular weight is 325 g/mol. The predicted molar refractivity (Wildman–Crippen MR) is 92.8 cm³/mol. The Bertz CT molecular complexity index is 806. The van der Waals surface area contributed by atoms with Crippen LogP contribution < -0.4 is 0 Å². The molecule has 0 aromatic heterocycles. The zero-order valence-electron chi connectivity index (χ0n) is 12.9. The van der Waals surface area contributed by atoms with Crippen molar-refractivity contribution in [3.05, 3.63) is 59.1 Å². The minimum Gasteiger partial charge on any atom is -0.295 e. The van der Waals surface area contributed by atoms with Crippen LogP contribution in [0.3, 0.4) is 0 Å². The van der Waals surface area contributed by atoms with Crippen LogP contribution in [0.2, 0.25) is 5.02 Å². The molecular weight excluding hydrogens is 308 g/mol. The molecule has 2 aromatic rings. The summed E-state index contributed by atoms with van der Waals surface area (Å²) in [4.78, 5) is 19.0. The van der Waals surface area contributed by atoms with Crippen LogP contribution in [-0.4, -0.2) is 28.7 Å². The van der Waals surface area contributed by atoms with Crippen LogP contribution in [0.5, 0.6) is 0 Å². The number of hydrogen-bond acceptors (Lipinski definition) is 2. The molecule has 0 unspecified atom stereocenters. The first-order valence-corrected chi connectivity index (χ1v) is 8.29. The van der Waals surface area contributed by atoms with Crippen molar-refractivity contribution in [2.45, 2.75) is 25.3 Å². The fourth-order valence-electron chi connectivity index (χ4n) is 3.10. The molecule has 1 amide bonds. The average Bonchev–Trinajstić information content (AvgIpc) is 3.29. The number of benzene rings is 2. The van der Waals surface area contributed by atoms with E-state index in [-0.39, 0.29) is 5.91 Å². The number of aliphatic imine (C=N–C) groups is 1. The molecule has 0 bridgehead atoms. The van der Waals surface area contributed by atoms with Crippen LogP contribution in [0, 0.1) is 0 Å². The lowest BCUT2D eigenvalue weighted by Gasteiger charge is -2.17. The summed E-state index contributed by atoms with van der Waals surface area (Å²) in [7, 11) is 0. The first-order chi connectivity index (χ1) is 11.1. The molecule has 0 radical (unpaired) electrons. The van der Waals surface area contributed by atoms with Gasteiger partial charge >= 0.3 is 0 Å². The number of carbonyl (C=O) groups is 1. The van der Waals surface area contributed by atoms with Gasteiger partial charge in [0, 0.05) is 17.1 Å². The molecule has 2 aromatic carbocycles. The highest BCUT2D eigenvalue weighted by Gasteiger charge is 2.56. The van der Waals surface area contributed by atoms with Crippen molar-refractivity contribution in [3.63, 3.8) is 0 Å². The molecule has 1 heterocycles. The molecule has 4 heteroatoms. The van der Waals surface area contributed by atoms with Gasteiger partial charge in [-0.1, -0.05) is 48.0 Å². The zero-order chi connectivity index (χ0) is 16.0. The van der Waals surface area contributed by atoms with Crippen LogP contribution in [0.1, 0.15) is 25.3 Å². The second-order valence-corrected chi connectivity index (χ2v) is 6.54. The summed E-state index contributed by atoms with van der Waals surface area (Å²) in [5, 5.41) is 0.727. The molecule has 3 nitrogen and oxygen atoms in total. The normalized spacial score (nSPS) is 18.4. The van der Waals surface area contributed by atoms with Gasteiger partial charge in [0.2, 0.25) is 0 Å². The molecule has 1 fully saturated rings. The van der Waals surface area contributed by atoms with Gasteiger partial charge in [-0.15, -0.1) is 0 Å². The SMILES string of the molecule is CCN1C(=O)C2(CC2)N=C1c1ccc(-c2cccc(Cl)c2)cc1. The van der Waals surface area contributed by atoms with E-state index >= 15 is 0 Å². The third-order valence-electron chi connectivity index (χ3n) is 4.56. The van der Waals surface area contributed by atoms with Crippen molar-refractivity contribution in [3.8, 4) is 11.1 Å². The molecule has 0 atom stereocenters. The fourth-order valence-corrected chi connectivity index (χ4v) is 3.29. The first-order valence-electron chi connectivity index (χ1n) is 7.91. The largest absolute Gasteiger partial charge is 0.295 e. The van der Waals surface area contributed by atoms with E-state index in [1.165, 1.54) is 0 Å². The molecule has 23 heavy (non-hydrogen) atoms. The van der Waals surface area contributed by atoms with Crippen molar-refractivity contribution in [1.82, 2.24) is 4.90 Å². The Morgan fingerprint density at radius 1 is 1.09 bits per heavy atom. The number of hydrogen-bond donors (Lipinski definition) is 0. The minimum absolute atomic E-state index is 0.161. The summed E-state index contributed by atoms with van der Waals surface area (Å²) in [6.07, 6.45) is 1.76. The van der Waals surface area contributed by atoms with E-state index in [4.69, 9.17) is 16.6 Å². The molecule has 1 aliphatic carbocycles. The Morgan fingerprint density at radius 2 is 1.78 bits per heavy atom. The number of rotatable bonds is 3. The van der Waals surface area contributed by atoms with Crippen LogP contribution in [0.4, 0.5) is 0 Å². The lowest BCUT2D eigenvalue weighted by Crippen LogP contribution is -2.36. The molecular formula is C19H17ClN2O. The van der Waals surface area contributed by atoms with Crippen molar-refractivity contribution in [1.29, 1.82) is 0 Å². The number of amides is 1. The van der Waals surface area contributed by atoms with Crippen LogP contribution in [-0.2, 0) is 4.79 Å². The van der Waals surface area contributed by atoms with Gasteiger partial charge in [-0.05, 0) is 43.0 Å². The monoisotopic (exact) mass is 324 g/mol. The Balaban J connectivity index is 1.67. The highest BCUT2D eigenvalue weighted by molar-refractivity contribution is 6.30. The molecule has 1 saturated carbocycles. The molecule has 116 valence electrons. The summed E-state index contributed by atoms with van der Waals surface area (Å²) in [5.74, 6) is 0.974. The van der Waals surface area contributed by atoms with Gasteiger partial charge in [-0.25, -0.2) is 0 Å². The fraction of sp³-hybridized carbons (Fsp3) is 0.263. The standard InChI is InChI=1S/C19H17ClN2O/c1-2-22-17(21-19(10-11-19)18(22)23)14-8-6-13(7-9-14)15-4-3-5-16(20)12-15/h3-9,12H,2,10-11H2,1H3. The van der Waals surface area contributed by atoms with Crippen LogP contribution >= 0.6 is 11.6 Å². The second-order valence-electron chi connectivity index (χ2n) is 6.10. The van der Waals surface area contributed by atoms with Gasteiger partial charge in [0.25, 0.3) is 5.91 Å². The smallest absolute Gasteiger partial charge is 0.256 e. The summed E-state index contributed by atoms with van der Waals surface area (Å²) >= 11 is 6.06. The summed E-state index contributed by atoms with van der Waals surface area (Å²) in [6, 6.07) is 16.0. The molecule has 0 N–H and O–H groups in total. The molecule has 1 aliphatic heterocycles.